The van der Waals surface area contributed by atoms with Gasteiger partial charge >= 0.3 is 0 Å². The second-order valence-electron chi connectivity index (χ2n) is 11.1. The summed E-state index contributed by atoms with van der Waals surface area (Å²) >= 11 is 1.34. The Bertz CT molecular complexity index is 1150. The summed E-state index contributed by atoms with van der Waals surface area (Å²) in [5.41, 5.74) is 2.18. The summed E-state index contributed by atoms with van der Waals surface area (Å²) in [6, 6.07) is 7.78. The Morgan fingerprint density at radius 2 is 1.89 bits per heavy atom. The maximum absolute atomic E-state index is 14.4. The fourth-order valence-electron chi connectivity index (χ4n) is 4.90. The van der Waals surface area contributed by atoms with E-state index >= 15 is 0 Å². The van der Waals surface area contributed by atoms with Gasteiger partial charge in [-0.15, -0.1) is 6.42 Å². The molecule has 1 aromatic carbocycles. The molecule has 2 aromatic rings. The van der Waals surface area contributed by atoms with Crippen molar-refractivity contribution in [1.29, 1.82) is 0 Å². The van der Waals surface area contributed by atoms with Gasteiger partial charge in [0.1, 0.15) is 11.9 Å². The lowest BCUT2D eigenvalue weighted by Gasteiger charge is -2.37. The summed E-state index contributed by atoms with van der Waals surface area (Å²) < 4.78 is 45.8. The molecule has 4 rings (SSSR count). The average molecular weight is 545 g/mol. The number of nitrogens with zero attached hydrogens (tertiary/aromatic N) is 3. The molecule has 1 amide bonds. The van der Waals surface area contributed by atoms with E-state index in [9.17, 15) is 18.0 Å². The lowest BCUT2D eigenvalue weighted by molar-refractivity contribution is -0.124. The highest BCUT2D eigenvalue weighted by Crippen LogP contribution is 2.40. The first-order valence-corrected chi connectivity index (χ1v) is 13.8. The summed E-state index contributed by atoms with van der Waals surface area (Å²) in [5, 5.41) is 2.97. The molecule has 2 unspecified atom stereocenters. The monoisotopic (exact) mass is 544 g/mol. The summed E-state index contributed by atoms with van der Waals surface area (Å²) in [6.07, 6.45) is 9.96. The van der Waals surface area contributed by atoms with Crippen molar-refractivity contribution in [2.24, 2.45) is 0 Å². The third kappa shape index (κ3) is 6.83. The predicted molar refractivity (Wildman–Crippen MR) is 146 cm³/mol. The van der Waals surface area contributed by atoms with E-state index in [1.807, 2.05) is 28.6 Å². The van der Waals surface area contributed by atoms with E-state index in [1.165, 1.54) is 24.4 Å². The molecule has 2 fully saturated rings. The third-order valence-electron chi connectivity index (χ3n) is 7.16. The van der Waals surface area contributed by atoms with Crippen molar-refractivity contribution < 1.29 is 18.0 Å². The Morgan fingerprint density at radius 1 is 1.21 bits per heavy atom. The van der Waals surface area contributed by atoms with E-state index in [4.69, 9.17) is 6.42 Å². The predicted octanol–water partition coefficient (Wildman–Crippen LogP) is 6.42. The minimum absolute atomic E-state index is 0.0632. The van der Waals surface area contributed by atoms with Gasteiger partial charge < -0.3 is 5.32 Å². The number of hydrogen-bond acceptors (Lipinski definition) is 5. The number of hydrogen-bond donors (Lipinski definition) is 1. The van der Waals surface area contributed by atoms with E-state index in [1.54, 1.807) is 0 Å². The van der Waals surface area contributed by atoms with Crippen LogP contribution in [0.4, 0.5) is 18.9 Å². The molecule has 0 radical (unpaired) electrons. The molecule has 2 aliphatic rings. The number of pyridine rings is 1. The maximum Gasteiger partial charge on any atom is 0.248 e. The number of aromatic nitrogens is 1. The van der Waals surface area contributed by atoms with Crippen LogP contribution in [-0.2, 0) is 10.2 Å². The average Bonchev–Trinajstić information content (AvgIpc) is 3.32. The zero-order valence-electron chi connectivity index (χ0n) is 22.1. The number of carbonyl (C=O) groups is 1. The molecule has 1 N–H and O–H groups in total. The number of alkyl halides is 2. The minimum Gasteiger partial charge on any atom is -0.351 e. The van der Waals surface area contributed by atoms with Crippen molar-refractivity contribution in [2.45, 2.75) is 88.8 Å². The molecule has 204 valence electrons. The molecule has 5 nitrogen and oxygen atoms in total. The lowest BCUT2D eigenvalue weighted by atomic mass is 9.87. The number of rotatable bonds is 7. The first-order chi connectivity index (χ1) is 18.0. The second kappa shape index (κ2) is 11.6. The molecule has 1 aliphatic carbocycles. The molecular weight excluding hydrogens is 509 g/mol. The van der Waals surface area contributed by atoms with Crippen molar-refractivity contribution in [1.82, 2.24) is 14.6 Å². The van der Waals surface area contributed by atoms with E-state index in [-0.39, 0.29) is 43.2 Å². The van der Waals surface area contributed by atoms with Crippen LogP contribution in [0.25, 0.3) is 0 Å². The molecular formula is C29H35F3N4OS. The molecule has 38 heavy (non-hydrogen) atoms. The normalized spacial score (nSPS) is 21.0. The fourth-order valence-corrected chi connectivity index (χ4v) is 6.15. The van der Waals surface area contributed by atoms with Crippen molar-refractivity contribution in [3.8, 4) is 12.3 Å². The maximum atomic E-state index is 14.4. The number of halogens is 3. The molecule has 0 bridgehead atoms. The summed E-state index contributed by atoms with van der Waals surface area (Å²) in [5.74, 6) is -0.834. The molecule has 9 heteroatoms. The van der Waals surface area contributed by atoms with Crippen LogP contribution in [0.2, 0.25) is 0 Å². The van der Waals surface area contributed by atoms with Crippen LogP contribution in [0.1, 0.15) is 76.5 Å². The number of carbonyl (C=O) groups excluding carboxylic acids is 1. The van der Waals surface area contributed by atoms with Crippen molar-refractivity contribution in [3.63, 3.8) is 0 Å². The van der Waals surface area contributed by atoms with E-state index < -0.39 is 23.7 Å². The Morgan fingerprint density at radius 3 is 2.50 bits per heavy atom. The van der Waals surface area contributed by atoms with Crippen molar-refractivity contribution in [2.75, 3.05) is 10.8 Å². The molecule has 1 saturated heterocycles. The topological polar surface area (TPSA) is 48.5 Å². The van der Waals surface area contributed by atoms with E-state index in [0.29, 0.717) is 5.56 Å². The number of nitrogens with one attached hydrogen (secondary N) is 1. The minimum atomic E-state index is -2.70. The SMILES string of the molecule is C#CC1CCCN1SN(c1ccc(C(C)(C)C)cc1)C(C(=O)NC1CCC(F)(F)CC1)c1cncc(F)c1. The number of amides is 1. The van der Waals surface area contributed by atoms with Gasteiger partial charge in [0.25, 0.3) is 0 Å². The standard InChI is InChI=1S/C29H35F3N4OS/c1-5-24-7-6-16-35(24)38-36(25-10-8-21(9-11-25)28(2,3)4)26(20-17-22(30)19-33-18-20)27(37)34-23-12-14-29(31,32)15-13-23/h1,8-11,17-19,23-24,26H,6-7,12-16H2,2-4H3,(H,34,37). The zero-order valence-corrected chi connectivity index (χ0v) is 22.9. The van der Waals surface area contributed by atoms with Gasteiger partial charge in [-0.2, -0.15) is 0 Å². The van der Waals surface area contributed by atoms with Crippen LogP contribution in [-0.4, -0.2) is 39.7 Å². The van der Waals surface area contributed by atoms with E-state index in [2.05, 4.69) is 41.3 Å². The van der Waals surface area contributed by atoms with Gasteiger partial charge in [0.05, 0.1) is 12.2 Å². The number of terminal acetylenes is 1. The lowest BCUT2D eigenvalue weighted by Crippen LogP contribution is -2.46. The second-order valence-corrected chi connectivity index (χ2v) is 12.2. The molecule has 1 aliphatic heterocycles. The Labute approximate surface area is 227 Å². The fraction of sp³-hybridized carbons (Fsp3) is 0.517. The van der Waals surface area contributed by atoms with Crippen molar-refractivity contribution in [3.05, 3.63) is 59.7 Å². The molecule has 1 aromatic heterocycles. The third-order valence-corrected chi connectivity index (χ3v) is 8.41. The summed E-state index contributed by atoms with van der Waals surface area (Å²) in [4.78, 5) is 17.9. The van der Waals surface area contributed by atoms with Gasteiger partial charge in [-0.25, -0.2) is 17.5 Å². The van der Waals surface area contributed by atoms with Crippen LogP contribution < -0.4 is 9.62 Å². The Balaban J connectivity index is 1.72. The number of benzene rings is 1. The number of anilines is 1. The zero-order chi connectivity index (χ0) is 27.5. The highest BCUT2D eigenvalue weighted by atomic mass is 32.2. The van der Waals surface area contributed by atoms with E-state index in [0.717, 1.165) is 36.8 Å². The van der Waals surface area contributed by atoms with Gasteiger partial charge in [0, 0.05) is 55.0 Å². The quantitative estimate of drug-likeness (QED) is 0.322. The van der Waals surface area contributed by atoms with Gasteiger partial charge in [0.15, 0.2) is 0 Å². The first-order valence-electron chi connectivity index (χ1n) is 13.1. The van der Waals surface area contributed by atoms with Crippen LogP contribution in [0.5, 0.6) is 0 Å². The molecule has 2 atom stereocenters. The van der Waals surface area contributed by atoms with Gasteiger partial charge in [-0.3, -0.25) is 14.1 Å². The van der Waals surface area contributed by atoms with Crippen LogP contribution >= 0.6 is 12.1 Å². The highest BCUT2D eigenvalue weighted by molar-refractivity contribution is 7.98. The summed E-state index contributed by atoms with van der Waals surface area (Å²) in [7, 11) is 0. The summed E-state index contributed by atoms with van der Waals surface area (Å²) in [6.45, 7) is 7.11. The molecule has 0 spiro atoms. The van der Waals surface area contributed by atoms with Gasteiger partial charge in [0.2, 0.25) is 11.8 Å². The van der Waals surface area contributed by atoms with Crippen molar-refractivity contribution >= 4 is 23.7 Å². The van der Waals surface area contributed by atoms with Crippen LogP contribution in [0.15, 0.2) is 42.7 Å². The largest absolute Gasteiger partial charge is 0.351 e. The van der Waals surface area contributed by atoms with Gasteiger partial charge in [-0.1, -0.05) is 38.8 Å². The first kappa shape index (κ1) is 28.3. The molecule has 1 saturated carbocycles. The Kier molecular flexibility index (Phi) is 8.63. The van der Waals surface area contributed by atoms with Crippen LogP contribution in [0, 0.1) is 18.2 Å². The smallest absolute Gasteiger partial charge is 0.248 e. The van der Waals surface area contributed by atoms with Crippen LogP contribution in [0.3, 0.4) is 0 Å². The van der Waals surface area contributed by atoms with Gasteiger partial charge in [-0.05, 0) is 54.9 Å². The highest BCUT2D eigenvalue weighted by Gasteiger charge is 2.38. The Hall–Kier alpha value is -2.70. The molecule has 2 heterocycles.